The topological polar surface area (TPSA) is 58.1 Å². The van der Waals surface area contributed by atoms with Gasteiger partial charge in [-0.05, 0) is 49.6 Å². The Balaban J connectivity index is 1.92. The molecular formula is C19H18N2O2. The highest BCUT2D eigenvalue weighted by atomic mass is 16.5. The van der Waals surface area contributed by atoms with Crippen LogP contribution in [0.15, 0.2) is 63.2 Å². The van der Waals surface area contributed by atoms with E-state index < -0.39 is 0 Å². The van der Waals surface area contributed by atoms with Crippen LogP contribution in [0.1, 0.15) is 16.7 Å². The summed E-state index contributed by atoms with van der Waals surface area (Å²) in [4.78, 5) is 0. The summed E-state index contributed by atoms with van der Waals surface area (Å²) >= 11 is 0. The van der Waals surface area contributed by atoms with Crippen molar-refractivity contribution in [1.82, 2.24) is 0 Å². The number of azo groups is 1. The molecule has 3 rings (SSSR count). The van der Waals surface area contributed by atoms with Crippen LogP contribution in [-0.2, 0) is 0 Å². The lowest BCUT2D eigenvalue weighted by Gasteiger charge is -2.01. The highest BCUT2D eigenvalue weighted by Crippen LogP contribution is 2.37. The largest absolute Gasteiger partial charge is 0.479 e. The number of hydrogen-bond donors (Lipinski definition) is 1. The van der Waals surface area contributed by atoms with Crippen molar-refractivity contribution in [3.05, 3.63) is 65.2 Å². The first-order chi connectivity index (χ1) is 11.0. The van der Waals surface area contributed by atoms with Crippen molar-refractivity contribution < 1.29 is 9.52 Å². The van der Waals surface area contributed by atoms with Gasteiger partial charge < -0.3 is 9.52 Å². The summed E-state index contributed by atoms with van der Waals surface area (Å²) in [5.41, 5.74) is 5.39. The van der Waals surface area contributed by atoms with Crippen molar-refractivity contribution in [3.63, 3.8) is 0 Å². The van der Waals surface area contributed by atoms with E-state index in [1.54, 1.807) is 6.07 Å². The third-order valence-electron chi connectivity index (χ3n) is 3.87. The monoisotopic (exact) mass is 306 g/mol. The summed E-state index contributed by atoms with van der Waals surface area (Å²) < 4.78 is 5.42. The molecule has 0 fully saturated rings. The Kier molecular flexibility index (Phi) is 3.98. The first-order valence-electron chi connectivity index (χ1n) is 7.42. The number of nitrogens with zero attached hydrogens (tertiary/aromatic N) is 2. The van der Waals surface area contributed by atoms with Crippen molar-refractivity contribution in [1.29, 1.82) is 0 Å². The standard InChI is InChI=1S/C19H18N2O2/c1-12-8-9-15(10-14(12)3)18-11-17(19(22)23-18)21-20-16-7-5-4-6-13(16)2/h4-11,22H,1-3H3. The second-order valence-electron chi connectivity index (χ2n) is 5.59. The minimum absolute atomic E-state index is 0.226. The summed E-state index contributed by atoms with van der Waals surface area (Å²) in [6, 6.07) is 15.4. The van der Waals surface area contributed by atoms with Gasteiger partial charge in [0.1, 0.15) is 5.76 Å². The zero-order valence-corrected chi connectivity index (χ0v) is 13.4. The van der Waals surface area contributed by atoms with Crippen molar-refractivity contribution in [2.24, 2.45) is 10.2 Å². The molecule has 2 aromatic carbocycles. The van der Waals surface area contributed by atoms with Gasteiger partial charge in [0.15, 0.2) is 5.69 Å². The lowest BCUT2D eigenvalue weighted by molar-refractivity contribution is 0.339. The van der Waals surface area contributed by atoms with Gasteiger partial charge in [0.05, 0.1) is 5.69 Å². The maximum absolute atomic E-state index is 9.94. The van der Waals surface area contributed by atoms with E-state index in [9.17, 15) is 5.11 Å². The van der Waals surface area contributed by atoms with Gasteiger partial charge in [-0.25, -0.2) is 0 Å². The second kappa shape index (κ2) is 6.08. The molecule has 3 aromatic rings. The molecule has 0 radical (unpaired) electrons. The van der Waals surface area contributed by atoms with Crippen molar-refractivity contribution in [2.75, 3.05) is 0 Å². The number of aromatic hydroxyl groups is 1. The minimum Gasteiger partial charge on any atom is -0.479 e. The molecule has 0 unspecified atom stereocenters. The average Bonchev–Trinajstić information content (AvgIpc) is 2.90. The zero-order valence-electron chi connectivity index (χ0n) is 13.4. The quantitative estimate of drug-likeness (QED) is 0.604. The van der Waals surface area contributed by atoms with Crippen LogP contribution in [0.3, 0.4) is 0 Å². The van der Waals surface area contributed by atoms with E-state index >= 15 is 0 Å². The molecular weight excluding hydrogens is 288 g/mol. The Morgan fingerprint density at radius 3 is 2.26 bits per heavy atom. The first-order valence-corrected chi connectivity index (χ1v) is 7.42. The Hall–Kier alpha value is -2.88. The summed E-state index contributed by atoms with van der Waals surface area (Å²) in [7, 11) is 0. The molecule has 0 aliphatic carbocycles. The van der Waals surface area contributed by atoms with Crippen LogP contribution in [0.25, 0.3) is 11.3 Å². The van der Waals surface area contributed by atoms with Crippen LogP contribution >= 0.6 is 0 Å². The summed E-state index contributed by atoms with van der Waals surface area (Å²) in [6.45, 7) is 6.06. The molecule has 1 aromatic heterocycles. The molecule has 4 nitrogen and oxygen atoms in total. The highest BCUT2D eigenvalue weighted by molar-refractivity contribution is 5.66. The second-order valence-corrected chi connectivity index (χ2v) is 5.59. The Bertz CT molecular complexity index is 879. The molecule has 0 amide bonds. The van der Waals surface area contributed by atoms with Crippen LogP contribution in [0.2, 0.25) is 0 Å². The van der Waals surface area contributed by atoms with Gasteiger partial charge in [0.25, 0.3) is 0 Å². The van der Waals surface area contributed by atoms with Gasteiger partial charge in [-0.2, -0.15) is 5.11 Å². The lowest BCUT2D eigenvalue weighted by Crippen LogP contribution is -1.81. The highest BCUT2D eigenvalue weighted by Gasteiger charge is 2.12. The van der Waals surface area contributed by atoms with Crippen LogP contribution in [0.5, 0.6) is 5.95 Å². The molecule has 0 aliphatic heterocycles. The minimum atomic E-state index is -0.226. The molecule has 0 saturated heterocycles. The Morgan fingerprint density at radius 1 is 0.783 bits per heavy atom. The maximum atomic E-state index is 9.94. The van der Waals surface area contributed by atoms with E-state index in [2.05, 4.69) is 17.2 Å². The van der Waals surface area contributed by atoms with Crippen LogP contribution in [0.4, 0.5) is 11.4 Å². The smallest absolute Gasteiger partial charge is 0.311 e. The molecule has 0 aliphatic rings. The summed E-state index contributed by atoms with van der Waals surface area (Å²) in [5.74, 6) is 0.347. The van der Waals surface area contributed by atoms with Crippen LogP contribution in [0, 0.1) is 20.8 Å². The molecule has 1 heterocycles. The van der Waals surface area contributed by atoms with Gasteiger partial charge >= 0.3 is 5.95 Å². The van der Waals surface area contributed by atoms with Gasteiger partial charge in [-0.1, -0.05) is 30.3 Å². The van der Waals surface area contributed by atoms with E-state index in [-0.39, 0.29) is 5.95 Å². The van der Waals surface area contributed by atoms with Crippen molar-refractivity contribution in [3.8, 4) is 17.3 Å². The first kappa shape index (κ1) is 15.0. The van der Waals surface area contributed by atoms with Crippen molar-refractivity contribution in [2.45, 2.75) is 20.8 Å². The van der Waals surface area contributed by atoms with E-state index in [0.717, 1.165) is 16.8 Å². The lowest BCUT2D eigenvalue weighted by atomic mass is 10.1. The number of benzene rings is 2. The fourth-order valence-corrected chi connectivity index (χ4v) is 2.26. The Labute approximate surface area is 135 Å². The van der Waals surface area contributed by atoms with Gasteiger partial charge in [-0.15, -0.1) is 5.11 Å². The number of rotatable bonds is 3. The van der Waals surface area contributed by atoms with E-state index in [0.29, 0.717) is 11.4 Å². The average molecular weight is 306 g/mol. The molecule has 4 heteroatoms. The SMILES string of the molecule is Cc1ccc(-c2cc(N=Nc3ccccc3C)c(O)o2)cc1C. The fourth-order valence-electron chi connectivity index (χ4n) is 2.26. The molecule has 0 bridgehead atoms. The molecule has 0 atom stereocenters. The maximum Gasteiger partial charge on any atom is 0.311 e. The van der Waals surface area contributed by atoms with Gasteiger partial charge in [0.2, 0.25) is 0 Å². The molecule has 1 N–H and O–H groups in total. The van der Waals surface area contributed by atoms with Crippen LogP contribution < -0.4 is 0 Å². The Morgan fingerprint density at radius 2 is 1.52 bits per heavy atom. The third kappa shape index (κ3) is 3.16. The van der Waals surface area contributed by atoms with E-state index in [1.165, 1.54) is 11.1 Å². The predicted octanol–water partition coefficient (Wildman–Crippen LogP) is 5.99. The van der Waals surface area contributed by atoms with Crippen molar-refractivity contribution >= 4 is 11.4 Å². The van der Waals surface area contributed by atoms with E-state index in [1.807, 2.05) is 56.3 Å². The van der Waals surface area contributed by atoms with E-state index in [4.69, 9.17) is 4.42 Å². The van der Waals surface area contributed by atoms with Crippen LogP contribution in [-0.4, -0.2) is 5.11 Å². The van der Waals surface area contributed by atoms with Gasteiger partial charge in [-0.3, -0.25) is 0 Å². The molecule has 23 heavy (non-hydrogen) atoms. The predicted molar refractivity (Wildman–Crippen MR) is 90.6 cm³/mol. The zero-order chi connectivity index (χ0) is 16.4. The number of hydrogen-bond acceptors (Lipinski definition) is 4. The fraction of sp³-hybridized carbons (Fsp3) is 0.158. The number of aryl methyl sites for hydroxylation is 3. The van der Waals surface area contributed by atoms with Gasteiger partial charge in [0, 0.05) is 11.6 Å². The summed E-state index contributed by atoms with van der Waals surface area (Å²) in [5, 5.41) is 18.2. The molecule has 0 spiro atoms. The third-order valence-corrected chi connectivity index (χ3v) is 3.87. The normalized spacial score (nSPS) is 11.3. The number of furan rings is 1. The molecule has 116 valence electrons. The summed E-state index contributed by atoms with van der Waals surface area (Å²) in [6.07, 6.45) is 0. The molecule has 0 saturated carbocycles.